The van der Waals surface area contributed by atoms with Crippen LogP contribution in [-0.4, -0.2) is 24.0 Å². The zero-order chi connectivity index (χ0) is 19.9. The second-order valence-corrected chi connectivity index (χ2v) is 7.04. The zero-order valence-corrected chi connectivity index (χ0v) is 16.2. The van der Waals surface area contributed by atoms with Gasteiger partial charge in [-0.1, -0.05) is 78.9 Å². The van der Waals surface area contributed by atoms with E-state index in [2.05, 4.69) is 34.6 Å². The lowest BCUT2D eigenvalue weighted by atomic mass is 9.91. The van der Waals surface area contributed by atoms with Crippen molar-refractivity contribution >= 4 is 16.8 Å². The summed E-state index contributed by atoms with van der Waals surface area (Å²) in [6, 6.07) is 28.4. The minimum absolute atomic E-state index is 0.0459. The Morgan fingerprint density at radius 3 is 2.38 bits per heavy atom. The van der Waals surface area contributed by atoms with Gasteiger partial charge < -0.3 is 15.0 Å². The first-order valence-electron chi connectivity index (χ1n) is 9.80. The predicted molar refractivity (Wildman–Crippen MR) is 116 cm³/mol. The number of carbonyl (C=O) groups excluding carboxylic acids is 1. The molecule has 29 heavy (non-hydrogen) atoms. The number of H-pyrrole nitrogens is 1. The van der Waals surface area contributed by atoms with Crippen LogP contribution in [0, 0.1) is 0 Å². The van der Waals surface area contributed by atoms with Crippen molar-refractivity contribution < 1.29 is 9.53 Å². The summed E-state index contributed by atoms with van der Waals surface area (Å²) in [4.78, 5) is 15.7. The van der Waals surface area contributed by atoms with Crippen LogP contribution in [0.25, 0.3) is 10.9 Å². The van der Waals surface area contributed by atoms with Gasteiger partial charge >= 0.3 is 0 Å². The van der Waals surface area contributed by atoms with Crippen molar-refractivity contribution in [2.75, 3.05) is 13.2 Å². The van der Waals surface area contributed by atoms with E-state index in [0.717, 1.165) is 11.1 Å². The molecule has 2 N–H and O–H groups in total. The molecule has 1 atom stereocenters. The van der Waals surface area contributed by atoms with Crippen LogP contribution in [0.3, 0.4) is 0 Å². The predicted octanol–water partition coefficient (Wildman–Crippen LogP) is 4.63. The molecule has 1 amide bonds. The van der Waals surface area contributed by atoms with Crippen molar-refractivity contribution in [2.24, 2.45) is 0 Å². The largest absolute Gasteiger partial charge is 0.367 e. The van der Waals surface area contributed by atoms with Gasteiger partial charge in [-0.3, -0.25) is 4.79 Å². The molecule has 0 saturated carbocycles. The number of carbonyl (C=O) groups is 1. The summed E-state index contributed by atoms with van der Waals surface area (Å²) in [6.07, 6.45) is 2.04. The molecule has 0 fully saturated rings. The number of rotatable bonds is 8. The molecule has 4 aromatic rings. The van der Waals surface area contributed by atoms with E-state index in [-0.39, 0.29) is 18.4 Å². The summed E-state index contributed by atoms with van der Waals surface area (Å²) < 4.78 is 5.56. The molecule has 0 radical (unpaired) electrons. The van der Waals surface area contributed by atoms with Gasteiger partial charge in [0.1, 0.15) is 6.61 Å². The number of hydrogen-bond acceptors (Lipinski definition) is 2. The molecule has 0 saturated heterocycles. The Balaban J connectivity index is 1.43. The molecule has 146 valence electrons. The average molecular weight is 384 g/mol. The molecule has 0 spiro atoms. The monoisotopic (exact) mass is 384 g/mol. The summed E-state index contributed by atoms with van der Waals surface area (Å²) in [7, 11) is 0. The molecule has 1 heterocycles. The highest BCUT2D eigenvalue weighted by molar-refractivity contribution is 5.84. The second-order valence-electron chi connectivity index (χ2n) is 7.04. The fraction of sp³-hybridized carbons (Fsp3) is 0.160. The molecule has 0 aliphatic carbocycles. The Bertz CT molecular complexity index is 1060. The maximum Gasteiger partial charge on any atom is 0.246 e. The topological polar surface area (TPSA) is 54.1 Å². The van der Waals surface area contributed by atoms with E-state index in [1.165, 1.54) is 16.5 Å². The maximum absolute atomic E-state index is 12.4. The summed E-state index contributed by atoms with van der Waals surface area (Å²) in [6.45, 7) is 0.989. The first-order chi connectivity index (χ1) is 14.3. The molecule has 3 aromatic carbocycles. The van der Waals surface area contributed by atoms with Crippen molar-refractivity contribution in [2.45, 2.75) is 12.5 Å². The summed E-state index contributed by atoms with van der Waals surface area (Å²) >= 11 is 0. The normalized spacial score (nSPS) is 12.0. The van der Waals surface area contributed by atoms with E-state index in [1.54, 1.807) is 0 Å². The van der Waals surface area contributed by atoms with Gasteiger partial charge in [0, 0.05) is 29.6 Å². The highest BCUT2D eigenvalue weighted by Crippen LogP contribution is 2.30. The minimum atomic E-state index is -0.110. The summed E-state index contributed by atoms with van der Waals surface area (Å²) in [5.41, 5.74) is 4.50. The number of ether oxygens (including phenoxy) is 1. The lowest BCUT2D eigenvalue weighted by Gasteiger charge is -2.18. The number of aromatic amines is 1. The number of aromatic nitrogens is 1. The molecule has 4 nitrogen and oxygen atoms in total. The van der Waals surface area contributed by atoms with E-state index >= 15 is 0 Å². The van der Waals surface area contributed by atoms with Crippen molar-refractivity contribution in [3.63, 3.8) is 0 Å². The lowest BCUT2D eigenvalue weighted by Crippen LogP contribution is -2.31. The Kier molecular flexibility index (Phi) is 6.03. The van der Waals surface area contributed by atoms with Gasteiger partial charge in [0.05, 0.1) is 6.61 Å². The van der Waals surface area contributed by atoms with Gasteiger partial charge in [-0.2, -0.15) is 0 Å². The first kappa shape index (κ1) is 19.0. The quantitative estimate of drug-likeness (QED) is 0.465. The Labute approximate surface area is 170 Å². The van der Waals surface area contributed by atoms with Crippen LogP contribution in [-0.2, 0) is 16.1 Å². The molecule has 1 unspecified atom stereocenters. The van der Waals surface area contributed by atoms with Crippen LogP contribution in [0.15, 0.2) is 91.1 Å². The molecule has 0 bridgehead atoms. The Hall–Kier alpha value is -3.37. The Morgan fingerprint density at radius 1 is 0.897 bits per heavy atom. The molecule has 4 rings (SSSR count). The van der Waals surface area contributed by atoms with Crippen molar-refractivity contribution in [3.05, 3.63) is 108 Å². The fourth-order valence-electron chi connectivity index (χ4n) is 3.58. The van der Waals surface area contributed by atoms with E-state index in [0.29, 0.717) is 13.2 Å². The third-order valence-electron chi connectivity index (χ3n) is 5.05. The van der Waals surface area contributed by atoms with Crippen LogP contribution >= 0.6 is 0 Å². The van der Waals surface area contributed by atoms with Gasteiger partial charge in [0.25, 0.3) is 0 Å². The number of benzene rings is 3. The van der Waals surface area contributed by atoms with Crippen LogP contribution in [0.2, 0.25) is 0 Å². The van der Waals surface area contributed by atoms with E-state index in [4.69, 9.17) is 4.74 Å². The fourth-order valence-corrected chi connectivity index (χ4v) is 3.58. The van der Waals surface area contributed by atoms with Crippen molar-refractivity contribution in [3.8, 4) is 0 Å². The molecule has 0 aliphatic rings. The minimum Gasteiger partial charge on any atom is -0.367 e. The maximum atomic E-state index is 12.4. The number of amides is 1. The van der Waals surface area contributed by atoms with Gasteiger partial charge in [0.15, 0.2) is 0 Å². The van der Waals surface area contributed by atoms with Crippen molar-refractivity contribution in [1.82, 2.24) is 10.3 Å². The standard InChI is InChI=1S/C25H24N2O2/c28-25(18-29-17-19-9-3-1-4-10-19)27-15-22(20-11-5-2-6-12-20)23-16-26-24-14-8-7-13-21(23)24/h1-14,16,22,26H,15,17-18H2,(H,27,28). The van der Waals surface area contributed by atoms with Gasteiger partial charge in [-0.15, -0.1) is 0 Å². The number of para-hydroxylation sites is 1. The second kappa shape index (κ2) is 9.22. The highest BCUT2D eigenvalue weighted by atomic mass is 16.5. The van der Waals surface area contributed by atoms with Crippen LogP contribution in [0.5, 0.6) is 0 Å². The smallest absolute Gasteiger partial charge is 0.246 e. The molecule has 0 aliphatic heterocycles. The molecule has 4 heteroatoms. The van der Waals surface area contributed by atoms with Crippen molar-refractivity contribution in [1.29, 1.82) is 0 Å². The third-order valence-corrected chi connectivity index (χ3v) is 5.05. The molecular formula is C25H24N2O2. The molecular weight excluding hydrogens is 360 g/mol. The number of fused-ring (bicyclic) bond motifs is 1. The number of hydrogen-bond donors (Lipinski definition) is 2. The van der Waals surface area contributed by atoms with Gasteiger partial charge in [0.2, 0.25) is 5.91 Å². The zero-order valence-electron chi connectivity index (χ0n) is 16.2. The Morgan fingerprint density at radius 2 is 1.59 bits per heavy atom. The van der Waals surface area contributed by atoms with Gasteiger partial charge in [-0.25, -0.2) is 0 Å². The highest BCUT2D eigenvalue weighted by Gasteiger charge is 2.18. The van der Waals surface area contributed by atoms with Crippen LogP contribution in [0.4, 0.5) is 0 Å². The van der Waals surface area contributed by atoms with Crippen LogP contribution < -0.4 is 5.32 Å². The third kappa shape index (κ3) is 4.73. The lowest BCUT2D eigenvalue weighted by molar-refractivity contribution is -0.126. The number of nitrogens with one attached hydrogen (secondary N) is 2. The van der Waals surface area contributed by atoms with Crippen LogP contribution in [0.1, 0.15) is 22.6 Å². The average Bonchev–Trinajstić information content (AvgIpc) is 3.19. The SMILES string of the molecule is O=C(COCc1ccccc1)NCC(c1ccccc1)c1c[nH]c2ccccc12. The van der Waals surface area contributed by atoms with E-state index in [1.807, 2.05) is 66.9 Å². The summed E-state index contributed by atoms with van der Waals surface area (Å²) in [5, 5.41) is 4.22. The molecule has 1 aromatic heterocycles. The first-order valence-corrected chi connectivity index (χ1v) is 9.80. The van der Waals surface area contributed by atoms with E-state index < -0.39 is 0 Å². The summed E-state index contributed by atoms with van der Waals surface area (Å²) in [5.74, 6) is -0.0490. The van der Waals surface area contributed by atoms with Gasteiger partial charge in [-0.05, 0) is 22.8 Å². The van der Waals surface area contributed by atoms with E-state index in [9.17, 15) is 4.79 Å².